The lowest BCUT2D eigenvalue weighted by molar-refractivity contribution is 0.667. The molecule has 0 aromatic heterocycles. The maximum atomic E-state index is 2.94. The molecule has 22 rings (SSSR count). The van der Waals surface area contributed by atoms with Crippen molar-refractivity contribution in [2.45, 2.75) is 117 Å². The number of benzene rings is 21. The largest absolute Gasteiger partial charge is 0.416 e. The van der Waals surface area contributed by atoms with Gasteiger partial charge in [-0.2, -0.15) is 0 Å². The fourth-order valence-corrected chi connectivity index (χ4v) is 22.6. The van der Waals surface area contributed by atoms with E-state index in [0.717, 1.165) is 123 Å². The molecule has 0 saturated carbocycles. The van der Waals surface area contributed by atoms with E-state index in [4.69, 9.17) is 0 Å². The molecule has 1 heterocycles. The maximum absolute atomic E-state index is 2.94. The van der Waals surface area contributed by atoms with Gasteiger partial charge in [-0.05, 0) is 315 Å². The molecule has 684 valence electrons. The van der Waals surface area contributed by atoms with Crippen LogP contribution in [0.3, 0.4) is 0 Å². The van der Waals surface area contributed by atoms with E-state index in [0.29, 0.717) is 0 Å². The van der Waals surface area contributed by atoms with Gasteiger partial charge in [-0.15, -0.1) is 0 Å². The molecule has 6 nitrogen and oxygen atoms in total. The predicted molar refractivity (Wildman–Crippen MR) is 611 cm³/mol. The Labute approximate surface area is 833 Å². The summed E-state index contributed by atoms with van der Waals surface area (Å²) < 4.78 is 8.83. The topological polar surface area (TPSA) is 19.4 Å². The minimum absolute atomic E-state index is 0.611. The summed E-state index contributed by atoms with van der Waals surface area (Å²) in [4.78, 5) is 7.13. The van der Waals surface area contributed by atoms with Crippen LogP contribution in [0.1, 0.15) is 115 Å². The highest BCUT2D eigenvalue weighted by Crippen LogP contribution is 2.49. The number of hydrogen-bond acceptors (Lipinski definition) is 6. The zero-order chi connectivity index (χ0) is 94.7. The Kier molecular flexibility index (Phi) is 26.8. The minimum Gasteiger partial charge on any atom is -0.416 e. The molecule has 0 unspecified atom stereocenters. The molecule has 0 bridgehead atoms. The van der Waals surface area contributed by atoms with Crippen LogP contribution < -0.4 is 45.3 Å². The summed E-state index contributed by atoms with van der Waals surface area (Å²) in [5, 5.41) is 14.2. The number of hydrogen-bond donors (Lipinski definition) is 0. The van der Waals surface area contributed by atoms with Crippen LogP contribution in [-0.2, 0) is 19.3 Å². The molecule has 0 atom stereocenters. The quantitative estimate of drug-likeness (QED) is 0.0230. The second kappa shape index (κ2) is 41.8. The van der Waals surface area contributed by atoms with Gasteiger partial charge in [-0.25, -0.2) is 0 Å². The van der Waals surface area contributed by atoms with E-state index < -0.39 is 20.9 Å². The lowest BCUT2D eigenvalue weighted by Gasteiger charge is -2.57. The third kappa shape index (κ3) is 18.1. The number of para-hydroxylation sites is 6. The van der Waals surface area contributed by atoms with Crippen LogP contribution in [-0.4, -0.2) is 20.9 Å². The molecule has 0 amide bonds. The van der Waals surface area contributed by atoms with Crippen molar-refractivity contribution in [3.8, 4) is 33.4 Å². The van der Waals surface area contributed by atoms with Crippen LogP contribution in [0.5, 0.6) is 0 Å². The number of fused-ring (bicyclic) bond motifs is 6. The normalized spacial score (nSPS) is 12.3. The number of anilines is 12. The molecular weight excluding hydrogens is 1700 g/mol. The van der Waals surface area contributed by atoms with Crippen molar-refractivity contribution in [3.05, 3.63) is 490 Å². The summed E-state index contributed by atoms with van der Waals surface area (Å²) in [7, 11) is 0. The molecule has 1 aliphatic heterocycles. The average Bonchev–Trinajstić information content (AvgIpc) is 0.683. The standard InChI is InChI=1S/C132H117B3N6/c1-4-7-10-19-46-97-73-85-112(86-74-97)139-133(130-121-67-40-34-61-115(121)127(116-62-35-41-68-122(116)130)100-79-91-109(92-80-100)136(103-49-22-13-23-50-103)104-51-24-14-25-52-104)140(113-87-75-98(76-88-113)47-20-11-8-5-2)135(132-125-71-44-38-65-119(125)129(120-66-39-45-72-126(120)132)102-83-95-111(96-84-102)138(107-57-30-17-31-58-107)108-59-32-18-33-60-108)141(114-89-77-99(78-90-114)48-21-12-9-6-3)134(139)131-123-69-42-36-63-117(123)128(118-64-37-43-70-124(118)131)101-81-93-110(94-82-101)137(105-53-26-15-27-54-105)106-55-28-16-29-56-106/h13-18,22-45,49-96H,4-12,19-21,46-48H2,1-3H3. The van der Waals surface area contributed by atoms with E-state index in [1.165, 1.54) is 172 Å². The Morgan fingerprint density at radius 3 is 0.518 bits per heavy atom. The Morgan fingerprint density at radius 1 is 0.163 bits per heavy atom. The van der Waals surface area contributed by atoms with Crippen LogP contribution >= 0.6 is 0 Å². The molecule has 0 N–H and O–H groups in total. The fourth-order valence-electron chi connectivity index (χ4n) is 22.6. The summed E-state index contributed by atoms with van der Waals surface area (Å²) in [6.45, 7) is 5.14. The highest BCUT2D eigenvalue weighted by molar-refractivity contribution is 7.17. The van der Waals surface area contributed by atoms with E-state index >= 15 is 0 Å². The molecular formula is C132H117B3N6. The first-order valence-corrected chi connectivity index (χ1v) is 51.4. The van der Waals surface area contributed by atoms with Crippen molar-refractivity contribution in [1.82, 2.24) is 0 Å². The SMILES string of the molecule is CCCCCCc1ccc(N2B(c3c4ccccc4c(-c4ccc(N(c5ccccc5)c5ccccc5)cc4)c4ccccc34)N(c3ccc(CCCCCC)cc3)B(c3c4ccccc4c(-c4ccc(N(c5ccccc5)c5ccccc5)cc4)c4ccccc34)N(c3ccc(CCCCCC)cc3)B2c2c3ccccc3c(-c3ccc(N(c4ccccc4)c4ccccc4)cc3)c3ccccc23)cc1. The minimum atomic E-state index is -0.611. The van der Waals surface area contributed by atoms with Crippen molar-refractivity contribution in [2.75, 3.05) is 28.9 Å². The Bertz CT molecular complexity index is 6810. The van der Waals surface area contributed by atoms with Crippen LogP contribution in [0, 0.1) is 0 Å². The van der Waals surface area contributed by atoms with Crippen molar-refractivity contribution >= 4 is 170 Å². The van der Waals surface area contributed by atoms with E-state index in [9.17, 15) is 0 Å². The van der Waals surface area contributed by atoms with Crippen molar-refractivity contribution < 1.29 is 0 Å². The van der Waals surface area contributed by atoms with Crippen LogP contribution in [0.4, 0.5) is 68.2 Å². The molecule has 9 heteroatoms. The van der Waals surface area contributed by atoms with E-state index in [2.05, 4.69) is 523 Å². The summed E-state index contributed by atoms with van der Waals surface area (Å²) in [5.41, 5.74) is 27.9. The Balaban J connectivity index is 0.867. The summed E-state index contributed by atoms with van der Waals surface area (Å²) in [6, 6.07) is 180. The molecule has 21 aromatic rings. The molecule has 0 aliphatic carbocycles. The van der Waals surface area contributed by atoms with Gasteiger partial charge in [0.15, 0.2) is 0 Å². The van der Waals surface area contributed by atoms with Crippen LogP contribution in [0.2, 0.25) is 0 Å². The van der Waals surface area contributed by atoms with Crippen molar-refractivity contribution in [1.29, 1.82) is 0 Å². The second-order valence-corrected chi connectivity index (χ2v) is 38.1. The van der Waals surface area contributed by atoms with Gasteiger partial charge in [0.1, 0.15) is 0 Å². The van der Waals surface area contributed by atoms with Crippen LogP contribution in [0.25, 0.3) is 98.0 Å². The van der Waals surface area contributed by atoms with E-state index in [-0.39, 0.29) is 0 Å². The van der Waals surface area contributed by atoms with Crippen molar-refractivity contribution in [2.24, 2.45) is 0 Å². The number of aryl methyl sites for hydroxylation is 3. The zero-order valence-corrected chi connectivity index (χ0v) is 81.1. The fraction of sp³-hybridized carbons (Fsp3) is 0.136. The van der Waals surface area contributed by atoms with Gasteiger partial charge >= 0.3 is 20.9 Å². The van der Waals surface area contributed by atoms with Gasteiger partial charge in [-0.3, -0.25) is 0 Å². The first-order chi connectivity index (χ1) is 69.9. The van der Waals surface area contributed by atoms with Gasteiger partial charge in [0.2, 0.25) is 0 Å². The molecule has 1 fully saturated rings. The number of nitrogens with zero attached hydrogens (tertiary/aromatic N) is 6. The van der Waals surface area contributed by atoms with E-state index in [1.807, 2.05) is 0 Å². The summed E-state index contributed by atoms with van der Waals surface area (Å²) in [5.74, 6) is 0. The molecule has 0 radical (unpaired) electrons. The third-order valence-corrected chi connectivity index (χ3v) is 29.3. The Morgan fingerprint density at radius 2 is 0.333 bits per heavy atom. The molecule has 0 spiro atoms. The zero-order valence-electron chi connectivity index (χ0n) is 81.1. The number of unbranched alkanes of at least 4 members (excludes halogenated alkanes) is 9. The Hall–Kier alpha value is -15.8. The third-order valence-electron chi connectivity index (χ3n) is 29.3. The number of rotatable bonds is 33. The van der Waals surface area contributed by atoms with E-state index in [1.54, 1.807) is 0 Å². The maximum Gasteiger partial charge on any atom is 0.390 e. The predicted octanol–water partition coefficient (Wildman–Crippen LogP) is 34.4. The van der Waals surface area contributed by atoms with Gasteiger partial charge < -0.3 is 28.9 Å². The van der Waals surface area contributed by atoms with Crippen LogP contribution in [0.15, 0.2) is 473 Å². The van der Waals surface area contributed by atoms with Gasteiger partial charge in [0.05, 0.1) is 0 Å². The second-order valence-electron chi connectivity index (χ2n) is 38.1. The van der Waals surface area contributed by atoms with Gasteiger partial charge in [0.25, 0.3) is 0 Å². The lowest BCUT2D eigenvalue weighted by atomic mass is 9.35. The van der Waals surface area contributed by atoms with Gasteiger partial charge in [-0.1, -0.05) is 406 Å². The smallest absolute Gasteiger partial charge is 0.390 e. The highest BCUT2D eigenvalue weighted by atomic mass is 15.3. The molecule has 1 saturated heterocycles. The first kappa shape index (κ1) is 90.3. The molecule has 1 aliphatic rings. The summed E-state index contributed by atoms with van der Waals surface area (Å²) in [6.07, 6.45) is 17.1. The highest BCUT2D eigenvalue weighted by Gasteiger charge is 2.58. The monoisotopic (exact) mass is 1820 g/mol. The van der Waals surface area contributed by atoms with Crippen molar-refractivity contribution in [3.63, 3.8) is 0 Å². The first-order valence-electron chi connectivity index (χ1n) is 51.4. The lowest BCUT2D eigenvalue weighted by Crippen LogP contribution is -2.86. The van der Waals surface area contributed by atoms with Gasteiger partial charge in [0, 0.05) is 68.2 Å². The summed E-state index contributed by atoms with van der Waals surface area (Å²) >= 11 is 0. The average molecular weight is 1820 g/mol. The molecule has 21 aromatic carbocycles. The molecule has 141 heavy (non-hydrogen) atoms.